The molecule has 2 aliphatic rings. The van der Waals surface area contributed by atoms with E-state index in [0.717, 1.165) is 48.1 Å². The summed E-state index contributed by atoms with van der Waals surface area (Å²) in [6, 6.07) is 23.5. The maximum atomic E-state index is 13.7. The Balaban J connectivity index is 1.16. The highest BCUT2D eigenvalue weighted by molar-refractivity contribution is 5.93. The molecule has 2 aromatic carbocycles. The van der Waals surface area contributed by atoms with Gasteiger partial charge in [0.15, 0.2) is 0 Å². The van der Waals surface area contributed by atoms with Crippen molar-refractivity contribution in [3.63, 3.8) is 0 Å². The van der Waals surface area contributed by atoms with E-state index in [-0.39, 0.29) is 29.7 Å². The third-order valence-electron chi connectivity index (χ3n) is 8.35. The van der Waals surface area contributed by atoms with E-state index in [2.05, 4.69) is 32.0 Å². The molecule has 45 heavy (non-hydrogen) atoms. The Labute approximate surface area is 261 Å². The smallest absolute Gasteiger partial charge is 0.322 e. The average Bonchev–Trinajstić information content (AvgIpc) is 3.05. The minimum Gasteiger partial charge on any atom is -0.377 e. The van der Waals surface area contributed by atoms with Gasteiger partial charge in [-0.1, -0.05) is 42.5 Å². The minimum atomic E-state index is -0.142. The molecule has 6 rings (SSSR count). The molecular formula is C34H36N8O3. The number of nitrogens with zero attached hydrogens (tertiary/aromatic N) is 5. The van der Waals surface area contributed by atoms with Gasteiger partial charge in [-0.3, -0.25) is 9.69 Å². The summed E-state index contributed by atoms with van der Waals surface area (Å²) in [5.74, 6) is 0.992. The lowest BCUT2D eigenvalue weighted by atomic mass is 9.90. The SMILES string of the molecule is Cn1cc(-c2ccc(N(C(=O)NCc3ccccc3)[C@H]3CC[C@H](Nc4ncc(C#N)c(NC5COC5)n4)CC3)cc2)ccc1=O. The largest absolute Gasteiger partial charge is 0.377 e. The number of hydrogen-bond acceptors (Lipinski definition) is 8. The van der Waals surface area contributed by atoms with Crippen LogP contribution in [0.15, 0.2) is 83.9 Å². The number of ether oxygens (including phenoxy) is 1. The number of hydrogen-bond donors (Lipinski definition) is 3. The second kappa shape index (κ2) is 13.6. The second-order valence-corrected chi connectivity index (χ2v) is 11.5. The van der Waals surface area contributed by atoms with Crippen molar-refractivity contribution in [2.75, 3.05) is 28.7 Å². The first kappa shape index (κ1) is 29.8. The van der Waals surface area contributed by atoms with Gasteiger partial charge in [-0.25, -0.2) is 9.78 Å². The Morgan fingerprint density at radius 1 is 0.978 bits per heavy atom. The number of pyridine rings is 1. The molecule has 2 amide bonds. The second-order valence-electron chi connectivity index (χ2n) is 11.5. The number of carbonyl (C=O) groups excluding carboxylic acids is 1. The molecule has 1 saturated carbocycles. The van der Waals surface area contributed by atoms with E-state index < -0.39 is 0 Å². The summed E-state index contributed by atoms with van der Waals surface area (Å²) in [7, 11) is 1.73. The first-order chi connectivity index (χ1) is 22.0. The van der Waals surface area contributed by atoms with Crippen LogP contribution in [0.2, 0.25) is 0 Å². The summed E-state index contributed by atoms with van der Waals surface area (Å²) >= 11 is 0. The Bertz CT molecular complexity index is 1720. The van der Waals surface area contributed by atoms with Crippen LogP contribution in [0.5, 0.6) is 0 Å². The number of amides is 2. The standard InChI is InChI=1S/C34H36N8O3/c1-41-20-25(9-16-31(41)43)24-7-12-29(13-8-24)42(34(44)37-18-23-5-3-2-4-6-23)30-14-10-27(11-15-30)39-33-36-19-26(17-35)32(40-33)38-28-21-45-22-28/h2-9,12-13,16,19-20,27-28,30H,10-11,14-15,18,21-22H2,1H3,(H,37,44)(H2,36,38,39,40)/t27-,30-. The highest BCUT2D eigenvalue weighted by Gasteiger charge is 2.31. The van der Waals surface area contributed by atoms with Crippen LogP contribution in [0.25, 0.3) is 11.1 Å². The number of rotatable bonds is 9. The van der Waals surface area contributed by atoms with Crippen molar-refractivity contribution in [3.05, 3.63) is 101 Å². The van der Waals surface area contributed by atoms with Crippen LogP contribution in [-0.2, 0) is 18.3 Å². The van der Waals surface area contributed by atoms with Crippen molar-refractivity contribution >= 4 is 23.5 Å². The van der Waals surface area contributed by atoms with Gasteiger partial charge in [0.2, 0.25) is 11.5 Å². The molecule has 1 saturated heterocycles. The van der Waals surface area contributed by atoms with Gasteiger partial charge in [-0.2, -0.15) is 10.2 Å². The molecule has 0 bridgehead atoms. The fourth-order valence-corrected chi connectivity index (χ4v) is 5.75. The molecule has 11 heteroatoms. The van der Waals surface area contributed by atoms with E-state index in [0.29, 0.717) is 37.1 Å². The molecule has 4 aromatic rings. The number of urea groups is 1. The number of aryl methyl sites for hydroxylation is 1. The van der Waals surface area contributed by atoms with Crippen molar-refractivity contribution in [2.24, 2.45) is 7.05 Å². The topological polar surface area (TPSA) is 137 Å². The molecule has 11 nitrogen and oxygen atoms in total. The molecule has 1 aliphatic carbocycles. The maximum absolute atomic E-state index is 13.7. The van der Waals surface area contributed by atoms with Crippen molar-refractivity contribution in [1.82, 2.24) is 19.9 Å². The van der Waals surface area contributed by atoms with Gasteiger partial charge >= 0.3 is 6.03 Å². The zero-order valence-corrected chi connectivity index (χ0v) is 25.1. The van der Waals surface area contributed by atoms with Crippen molar-refractivity contribution in [3.8, 4) is 17.2 Å². The van der Waals surface area contributed by atoms with Crippen molar-refractivity contribution in [1.29, 1.82) is 5.26 Å². The molecule has 0 unspecified atom stereocenters. The van der Waals surface area contributed by atoms with E-state index in [9.17, 15) is 14.9 Å². The Hall–Kier alpha value is -5.21. The molecule has 0 radical (unpaired) electrons. The summed E-state index contributed by atoms with van der Waals surface area (Å²) in [4.78, 5) is 36.4. The number of nitrogens with one attached hydrogen (secondary N) is 3. The third kappa shape index (κ3) is 7.13. The summed E-state index contributed by atoms with van der Waals surface area (Å²) < 4.78 is 6.79. The van der Waals surface area contributed by atoms with Crippen LogP contribution in [0.4, 0.5) is 22.2 Å². The lowest BCUT2D eigenvalue weighted by molar-refractivity contribution is 0.0209. The molecule has 2 fully saturated rings. The van der Waals surface area contributed by atoms with Gasteiger partial charge in [-0.05, 0) is 60.6 Å². The summed E-state index contributed by atoms with van der Waals surface area (Å²) in [6.07, 6.45) is 6.59. The van der Waals surface area contributed by atoms with Crippen LogP contribution in [0.1, 0.15) is 36.8 Å². The Morgan fingerprint density at radius 3 is 2.38 bits per heavy atom. The van der Waals surface area contributed by atoms with Crippen molar-refractivity contribution < 1.29 is 9.53 Å². The Morgan fingerprint density at radius 2 is 1.71 bits per heavy atom. The number of nitriles is 1. The molecule has 230 valence electrons. The maximum Gasteiger partial charge on any atom is 0.322 e. The fourth-order valence-electron chi connectivity index (χ4n) is 5.75. The monoisotopic (exact) mass is 604 g/mol. The molecular weight excluding hydrogens is 568 g/mol. The zero-order valence-electron chi connectivity index (χ0n) is 25.1. The normalized spacial score (nSPS) is 17.9. The van der Waals surface area contributed by atoms with Crippen LogP contribution < -0.4 is 26.4 Å². The number of anilines is 3. The van der Waals surface area contributed by atoms with Gasteiger partial charge in [0.05, 0.1) is 25.5 Å². The first-order valence-corrected chi connectivity index (χ1v) is 15.2. The summed E-state index contributed by atoms with van der Waals surface area (Å²) in [6.45, 7) is 1.61. The number of carbonyl (C=O) groups is 1. The third-order valence-corrected chi connectivity index (χ3v) is 8.35. The van der Waals surface area contributed by atoms with E-state index in [1.165, 1.54) is 0 Å². The fraction of sp³-hybridized carbons (Fsp3) is 0.324. The van der Waals surface area contributed by atoms with Gasteiger partial charge in [0.1, 0.15) is 17.5 Å². The molecule has 0 atom stereocenters. The Kier molecular flexibility index (Phi) is 9.03. The van der Waals surface area contributed by atoms with Gasteiger partial charge in [0, 0.05) is 43.6 Å². The van der Waals surface area contributed by atoms with Crippen LogP contribution >= 0.6 is 0 Å². The van der Waals surface area contributed by atoms with E-state index in [4.69, 9.17) is 4.74 Å². The van der Waals surface area contributed by atoms with E-state index in [1.807, 2.05) is 71.8 Å². The van der Waals surface area contributed by atoms with E-state index in [1.54, 1.807) is 23.9 Å². The van der Waals surface area contributed by atoms with E-state index >= 15 is 0 Å². The van der Waals surface area contributed by atoms with Crippen molar-refractivity contribution in [2.45, 2.75) is 50.4 Å². The molecule has 3 heterocycles. The minimum absolute atomic E-state index is 0.0000485. The van der Waals surface area contributed by atoms with Gasteiger partial charge < -0.3 is 25.3 Å². The molecule has 2 aromatic heterocycles. The summed E-state index contributed by atoms with van der Waals surface area (Å²) in [5.41, 5.74) is 4.08. The molecule has 3 N–H and O–H groups in total. The zero-order chi connectivity index (χ0) is 31.2. The lowest BCUT2D eigenvalue weighted by Gasteiger charge is -2.37. The summed E-state index contributed by atoms with van der Waals surface area (Å²) in [5, 5.41) is 19.3. The van der Waals surface area contributed by atoms with Gasteiger partial charge in [-0.15, -0.1) is 0 Å². The highest BCUT2D eigenvalue weighted by atomic mass is 16.5. The first-order valence-electron chi connectivity index (χ1n) is 15.2. The molecule has 1 aliphatic heterocycles. The van der Waals surface area contributed by atoms with Crippen LogP contribution in [0.3, 0.4) is 0 Å². The molecule has 0 spiro atoms. The number of benzene rings is 2. The predicted molar refractivity (Wildman–Crippen MR) is 173 cm³/mol. The van der Waals surface area contributed by atoms with Crippen LogP contribution in [0, 0.1) is 11.3 Å². The van der Waals surface area contributed by atoms with Crippen LogP contribution in [-0.4, -0.2) is 51.9 Å². The lowest BCUT2D eigenvalue weighted by Crippen LogP contribution is -2.48. The number of aromatic nitrogens is 3. The predicted octanol–water partition coefficient (Wildman–Crippen LogP) is 4.66. The van der Waals surface area contributed by atoms with Gasteiger partial charge in [0.25, 0.3) is 0 Å². The quantitative estimate of drug-likeness (QED) is 0.251. The average molecular weight is 605 g/mol. The highest BCUT2D eigenvalue weighted by Crippen LogP contribution is 2.31.